The van der Waals surface area contributed by atoms with Crippen LogP contribution in [-0.2, 0) is 0 Å². The Morgan fingerprint density at radius 1 is 1.44 bits per heavy atom. The minimum atomic E-state index is 0.426. The summed E-state index contributed by atoms with van der Waals surface area (Å²) in [5.74, 6) is 0.659. The highest BCUT2D eigenvalue weighted by atomic mass is 35.5. The van der Waals surface area contributed by atoms with Crippen molar-refractivity contribution in [1.82, 2.24) is 15.3 Å². The maximum Gasteiger partial charge on any atom is 0.297 e. The lowest BCUT2D eigenvalue weighted by Gasteiger charge is -2.26. The third-order valence-corrected chi connectivity index (χ3v) is 2.84. The second kappa shape index (κ2) is 3.92. The number of anilines is 1. The first-order valence-electron chi connectivity index (χ1n) is 5.19. The van der Waals surface area contributed by atoms with Gasteiger partial charge in [0.2, 0.25) is 5.65 Å². The average molecular weight is 239 g/mol. The number of aromatic nitrogens is 2. The zero-order chi connectivity index (χ0) is 11.0. The van der Waals surface area contributed by atoms with Crippen molar-refractivity contribution in [2.24, 2.45) is 5.92 Å². The predicted molar refractivity (Wildman–Crippen MR) is 61.7 cm³/mol. The van der Waals surface area contributed by atoms with Crippen molar-refractivity contribution in [1.29, 1.82) is 0 Å². The van der Waals surface area contributed by atoms with E-state index >= 15 is 0 Å². The van der Waals surface area contributed by atoms with Crippen molar-refractivity contribution in [2.45, 2.75) is 0 Å². The van der Waals surface area contributed by atoms with Crippen LogP contribution in [0.15, 0.2) is 16.5 Å². The number of pyridine rings is 1. The van der Waals surface area contributed by atoms with Gasteiger partial charge in [-0.3, -0.25) is 0 Å². The molecule has 0 radical (unpaired) electrons. The average Bonchev–Trinajstić information content (AvgIpc) is 2.57. The monoisotopic (exact) mass is 238 g/mol. The topological polar surface area (TPSA) is 63.0 Å². The van der Waals surface area contributed by atoms with Crippen molar-refractivity contribution < 1.29 is 4.42 Å². The molecule has 1 saturated heterocycles. The smallest absolute Gasteiger partial charge is 0.297 e. The zero-order valence-corrected chi connectivity index (χ0v) is 9.29. The molecule has 3 heterocycles. The van der Waals surface area contributed by atoms with Crippen LogP contribution in [0.5, 0.6) is 0 Å². The van der Waals surface area contributed by atoms with Gasteiger partial charge >= 0.3 is 0 Å². The fraction of sp³-hybridized carbons (Fsp3) is 0.400. The fourth-order valence-electron chi connectivity index (χ4n) is 1.60. The molecule has 0 amide bonds. The van der Waals surface area contributed by atoms with Gasteiger partial charge in [-0.2, -0.15) is 4.98 Å². The summed E-state index contributed by atoms with van der Waals surface area (Å²) in [5.41, 5.74) is 1.19. The molecular weight excluding hydrogens is 228 g/mol. The maximum atomic E-state index is 5.77. The van der Waals surface area contributed by atoms with Gasteiger partial charge in [0.15, 0.2) is 5.58 Å². The van der Waals surface area contributed by atoms with E-state index < -0.39 is 0 Å². The Morgan fingerprint density at radius 3 is 3.06 bits per heavy atom. The molecule has 5 nitrogen and oxygen atoms in total. The Balaban J connectivity index is 1.76. The molecule has 0 spiro atoms. The first kappa shape index (κ1) is 9.86. The highest BCUT2D eigenvalue weighted by Gasteiger charge is 2.17. The van der Waals surface area contributed by atoms with E-state index in [1.165, 1.54) is 0 Å². The van der Waals surface area contributed by atoms with Crippen molar-refractivity contribution in [3.8, 4) is 0 Å². The lowest BCUT2D eigenvalue weighted by atomic mass is 10.0. The van der Waals surface area contributed by atoms with Gasteiger partial charge < -0.3 is 15.1 Å². The molecule has 0 atom stereocenters. The van der Waals surface area contributed by atoms with E-state index in [1.54, 1.807) is 12.1 Å². The van der Waals surface area contributed by atoms with Crippen molar-refractivity contribution in [2.75, 3.05) is 25.0 Å². The SMILES string of the molecule is Clc1ccc2oc(NCC3CNC3)nc2n1. The third-order valence-electron chi connectivity index (χ3n) is 2.63. The molecule has 84 valence electrons. The van der Waals surface area contributed by atoms with Crippen LogP contribution in [0.4, 0.5) is 6.01 Å². The van der Waals surface area contributed by atoms with Gasteiger partial charge in [-0.05, 0) is 12.1 Å². The zero-order valence-electron chi connectivity index (χ0n) is 8.53. The van der Waals surface area contributed by atoms with Gasteiger partial charge in [-0.25, -0.2) is 4.98 Å². The first-order chi connectivity index (χ1) is 7.81. The van der Waals surface area contributed by atoms with E-state index in [9.17, 15) is 0 Å². The molecular formula is C10H11ClN4O. The molecule has 3 rings (SSSR count). The van der Waals surface area contributed by atoms with E-state index in [-0.39, 0.29) is 0 Å². The predicted octanol–water partition coefficient (Wildman–Crippen LogP) is 1.51. The molecule has 16 heavy (non-hydrogen) atoms. The number of oxazole rings is 1. The van der Waals surface area contributed by atoms with E-state index in [1.807, 2.05) is 0 Å². The molecule has 0 bridgehead atoms. The van der Waals surface area contributed by atoms with Crippen LogP contribution >= 0.6 is 11.6 Å². The molecule has 1 aliphatic rings. The molecule has 2 aromatic heterocycles. The van der Waals surface area contributed by atoms with E-state index in [4.69, 9.17) is 16.0 Å². The summed E-state index contributed by atoms with van der Waals surface area (Å²) in [6.07, 6.45) is 0. The van der Waals surface area contributed by atoms with Crippen LogP contribution in [0.2, 0.25) is 5.15 Å². The largest absolute Gasteiger partial charge is 0.422 e. The highest BCUT2D eigenvalue weighted by Crippen LogP contribution is 2.19. The minimum Gasteiger partial charge on any atom is -0.422 e. The van der Waals surface area contributed by atoms with Crippen LogP contribution in [-0.4, -0.2) is 29.6 Å². The summed E-state index contributed by atoms with van der Waals surface area (Å²) in [5, 5.41) is 6.79. The van der Waals surface area contributed by atoms with E-state index in [0.717, 1.165) is 19.6 Å². The summed E-state index contributed by atoms with van der Waals surface area (Å²) in [4.78, 5) is 8.28. The van der Waals surface area contributed by atoms with Crippen LogP contribution in [0, 0.1) is 5.92 Å². The molecule has 1 aliphatic heterocycles. The van der Waals surface area contributed by atoms with Gasteiger partial charge in [0.25, 0.3) is 6.01 Å². The third kappa shape index (κ3) is 1.83. The second-order valence-electron chi connectivity index (χ2n) is 3.88. The lowest BCUT2D eigenvalue weighted by molar-refractivity contribution is 0.363. The van der Waals surface area contributed by atoms with Crippen molar-refractivity contribution >= 4 is 28.8 Å². The molecule has 2 N–H and O–H groups in total. The summed E-state index contributed by atoms with van der Waals surface area (Å²) < 4.78 is 5.48. The number of fused-ring (bicyclic) bond motifs is 1. The Bertz CT molecular complexity index is 508. The van der Waals surface area contributed by atoms with Crippen molar-refractivity contribution in [3.63, 3.8) is 0 Å². The number of nitrogens with one attached hydrogen (secondary N) is 2. The van der Waals surface area contributed by atoms with Gasteiger partial charge in [0.05, 0.1) is 0 Å². The number of rotatable bonds is 3. The molecule has 2 aromatic rings. The number of hydrogen-bond donors (Lipinski definition) is 2. The molecule has 1 fully saturated rings. The number of hydrogen-bond acceptors (Lipinski definition) is 5. The Labute approximate surface area is 97.2 Å². The summed E-state index contributed by atoms with van der Waals surface area (Å²) >= 11 is 5.77. The van der Waals surface area contributed by atoms with Crippen LogP contribution in [0.3, 0.4) is 0 Å². The molecule has 0 aromatic carbocycles. The minimum absolute atomic E-state index is 0.426. The standard InChI is InChI=1S/C10H11ClN4O/c11-8-2-1-7-9(14-8)15-10(16-7)13-5-6-3-12-4-6/h1-2,6,12H,3-5H2,(H,13,14,15). The summed E-state index contributed by atoms with van der Waals surface area (Å²) in [7, 11) is 0. The Hall–Kier alpha value is -1.33. The van der Waals surface area contributed by atoms with Crippen LogP contribution in [0.25, 0.3) is 11.2 Å². The first-order valence-corrected chi connectivity index (χ1v) is 5.57. The Kier molecular flexibility index (Phi) is 2.41. The number of halogens is 1. The molecule has 6 heteroatoms. The maximum absolute atomic E-state index is 5.77. The van der Waals surface area contributed by atoms with Crippen molar-refractivity contribution in [3.05, 3.63) is 17.3 Å². The van der Waals surface area contributed by atoms with Gasteiger partial charge in [-0.1, -0.05) is 11.6 Å². The molecule has 0 saturated carbocycles. The summed E-state index contributed by atoms with van der Waals surface area (Å²) in [6, 6.07) is 3.97. The van der Waals surface area contributed by atoms with Gasteiger partial charge in [0.1, 0.15) is 5.15 Å². The van der Waals surface area contributed by atoms with Gasteiger partial charge in [0, 0.05) is 25.6 Å². The number of nitrogens with zero attached hydrogens (tertiary/aromatic N) is 2. The van der Waals surface area contributed by atoms with E-state index in [0.29, 0.717) is 28.3 Å². The second-order valence-corrected chi connectivity index (χ2v) is 4.27. The van der Waals surface area contributed by atoms with Crippen LogP contribution < -0.4 is 10.6 Å². The quantitative estimate of drug-likeness (QED) is 0.794. The highest BCUT2D eigenvalue weighted by molar-refractivity contribution is 6.29. The fourth-order valence-corrected chi connectivity index (χ4v) is 1.74. The van der Waals surface area contributed by atoms with E-state index in [2.05, 4.69) is 20.6 Å². The normalized spacial score (nSPS) is 16.3. The molecule has 0 aliphatic carbocycles. The van der Waals surface area contributed by atoms with Gasteiger partial charge in [-0.15, -0.1) is 0 Å². The van der Waals surface area contributed by atoms with Crippen LogP contribution in [0.1, 0.15) is 0 Å². The summed E-state index contributed by atoms with van der Waals surface area (Å²) in [6.45, 7) is 2.97. The Morgan fingerprint density at radius 2 is 2.31 bits per heavy atom. The molecule has 0 unspecified atom stereocenters. The lowest BCUT2D eigenvalue weighted by Crippen LogP contribution is -2.45.